The van der Waals surface area contributed by atoms with Gasteiger partial charge in [0.2, 0.25) is 5.95 Å². The molecular weight excluding hydrogens is 318 g/mol. The minimum absolute atomic E-state index is 0.498. The molecule has 4 rings (SSSR count). The standard InChI is InChI=1S/C18H15N5O2/c1-24-16-9-13(7-8-15(16)17-10-19-12-25-17)21-18-20-11-23(22-18)14-5-3-2-4-6-14/h2-12H,1H3,(H,21,22). The zero-order valence-electron chi connectivity index (χ0n) is 13.5. The van der Waals surface area contributed by atoms with Gasteiger partial charge in [0, 0.05) is 11.8 Å². The highest BCUT2D eigenvalue weighted by atomic mass is 16.5. The Kier molecular flexibility index (Phi) is 3.88. The number of para-hydroxylation sites is 1. The summed E-state index contributed by atoms with van der Waals surface area (Å²) < 4.78 is 12.5. The first kappa shape index (κ1) is 14.9. The van der Waals surface area contributed by atoms with E-state index in [1.165, 1.54) is 6.39 Å². The van der Waals surface area contributed by atoms with Gasteiger partial charge in [0.25, 0.3) is 0 Å². The lowest BCUT2D eigenvalue weighted by Crippen LogP contribution is -1.97. The Labute approximate surface area is 143 Å². The Bertz CT molecular complexity index is 964. The van der Waals surface area contributed by atoms with Crippen molar-refractivity contribution >= 4 is 11.6 Å². The molecule has 4 aromatic rings. The third-order valence-corrected chi connectivity index (χ3v) is 3.67. The Morgan fingerprint density at radius 1 is 1.12 bits per heavy atom. The second-order valence-electron chi connectivity index (χ2n) is 5.25. The molecule has 0 saturated carbocycles. The van der Waals surface area contributed by atoms with E-state index in [-0.39, 0.29) is 0 Å². The predicted molar refractivity (Wildman–Crippen MR) is 93.1 cm³/mol. The van der Waals surface area contributed by atoms with Crippen molar-refractivity contribution in [3.05, 3.63) is 67.4 Å². The molecular formula is C18H15N5O2. The lowest BCUT2D eigenvalue weighted by atomic mass is 10.1. The van der Waals surface area contributed by atoms with Gasteiger partial charge < -0.3 is 14.5 Å². The molecule has 0 aliphatic heterocycles. The zero-order chi connectivity index (χ0) is 17.1. The molecule has 0 aliphatic rings. The van der Waals surface area contributed by atoms with E-state index in [0.29, 0.717) is 17.5 Å². The molecule has 2 aromatic carbocycles. The van der Waals surface area contributed by atoms with Crippen LogP contribution in [-0.2, 0) is 0 Å². The summed E-state index contributed by atoms with van der Waals surface area (Å²) in [5, 5.41) is 7.60. The maximum Gasteiger partial charge on any atom is 0.246 e. The smallest absolute Gasteiger partial charge is 0.246 e. The number of benzene rings is 2. The highest BCUT2D eigenvalue weighted by molar-refractivity contribution is 5.70. The predicted octanol–water partition coefficient (Wildman–Crippen LogP) is 3.67. The maximum atomic E-state index is 5.45. The summed E-state index contributed by atoms with van der Waals surface area (Å²) >= 11 is 0. The maximum absolute atomic E-state index is 5.45. The fourth-order valence-electron chi connectivity index (χ4n) is 2.48. The summed E-state index contributed by atoms with van der Waals surface area (Å²) in [6, 6.07) is 15.5. The fraction of sp³-hybridized carbons (Fsp3) is 0.0556. The first-order chi connectivity index (χ1) is 12.3. The molecule has 0 saturated heterocycles. The molecule has 0 unspecified atom stereocenters. The van der Waals surface area contributed by atoms with Crippen molar-refractivity contribution in [1.29, 1.82) is 0 Å². The highest BCUT2D eigenvalue weighted by Crippen LogP contribution is 2.32. The lowest BCUT2D eigenvalue weighted by molar-refractivity contribution is 0.415. The number of hydrogen-bond acceptors (Lipinski definition) is 6. The first-order valence-electron chi connectivity index (χ1n) is 7.64. The minimum Gasteiger partial charge on any atom is -0.496 e. The van der Waals surface area contributed by atoms with Crippen molar-refractivity contribution in [3.8, 4) is 22.8 Å². The van der Waals surface area contributed by atoms with Gasteiger partial charge in [-0.1, -0.05) is 18.2 Å². The molecule has 0 aliphatic carbocycles. The molecule has 1 N–H and O–H groups in total. The number of nitrogens with zero attached hydrogens (tertiary/aromatic N) is 4. The number of hydrogen-bond donors (Lipinski definition) is 1. The normalized spacial score (nSPS) is 10.6. The van der Waals surface area contributed by atoms with Crippen molar-refractivity contribution in [2.75, 3.05) is 12.4 Å². The van der Waals surface area contributed by atoms with E-state index in [2.05, 4.69) is 20.4 Å². The molecule has 0 fully saturated rings. The van der Waals surface area contributed by atoms with Crippen LogP contribution in [0.4, 0.5) is 11.6 Å². The van der Waals surface area contributed by atoms with Gasteiger partial charge in [0.1, 0.15) is 12.1 Å². The number of oxazole rings is 1. The average molecular weight is 333 g/mol. The summed E-state index contributed by atoms with van der Waals surface area (Å²) in [5.41, 5.74) is 2.58. The van der Waals surface area contributed by atoms with Gasteiger partial charge >= 0.3 is 0 Å². The largest absolute Gasteiger partial charge is 0.496 e. The quantitative estimate of drug-likeness (QED) is 0.600. The van der Waals surface area contributed by atoms with Crippen LogP contribution in [0, 0.1) is 0 Å². The average Bonchev–Trinajstić information content (AvgIpc) is 3.34. The van der Waals surface area contributed by atoms with E-state index < -0.39 is 0 Å². The van der Waals surface area contributed by atoms with Crippen molar-refractivity contribution in [2.45, 2.75) is 0 Å². The second-order valence-corrected chi connectivity index (χ2v) is 5.25. The van der Waals surface area contributed by atoms with E-state index in [0.717, 1.165) is 16.9 Å². The molecule has 2 aromatic heterocycles. The molecule has 0 radical (unpaired) electrons. The molecule has 0 spiro atoms. The summed E-state index contributed by atoms with van der Waals surface area (Å²) in [4.78, 5) is 8.22. The number of ether oxygens (including phenoxy) is 1. The van der Waals surface area contributed by atoms with Crippen LogP contribution in [0.1, 0.15) is 0 Å². The minimum atomic E-state index is 0.498. The summed E-state index contributed by atoms with van der Waals surface area (Å²) in [6.07, 6.45) is 4.70. The van der Waals surface area contributed by atoms with Gasteiger partial charge in [-0.3, -0.25) is 0 Å². The van der Waals surface area contributed by atoms with Gasteiger partial charge in [-0.05, 0) is 24.3 Å². The van der Waals surface area contributed by atoms with E-state index in [1.807, 2.05) is 48.5 Å². The van der Waals surface area contributed by atoms with Crippen molar-refractivity contribution in [3.63, 3.8) is 0 Å². The van der Waals surface area contributed by atoms with Gasteiger partial charge in [-0.2, -0.15) is 4.98 Å². The molecule has 2 heterocycles. The van der Waals surface area contributed by atoms with Crippen molar-refractivity contribution < 1.29 is 9.15 Å². The molecule has 0 bridgehead atoms. The van der Waals surface area contributed by atoms with Crippen LogP contribution < -0.4 is 10.1 Å². The van der Waals surface area contributed by atoms with Crippen LogP contribution in [0.25, 0.3) is 17.0 Å². The summed E-state index contributed by atoms with van der Waals surface area (Å²) in [5.74, 6) is 1.82. The van der Waals surface area contributed by atoms with Crippen molar-refractivity contribution in [1.82, 2.24) is 19.7 Å². The van der Waals surface area contributed by atoms with Crippen LogP contribution in [-0.4, -0.2) is 26.9 Å². The lowest BCUT2D eigenvalue weighted by Gasteiger charge is -2.09. The molecule has 7 nitrogen and oxygen atoms in total. The molecule has 0 amide bonds. The zero-order valence-corrected chi connectivity index (χ0v) is 13.5. The number of methoxy groups -OCH3 is 1. The van der Waals surface area contributed by atoms with Crippen molar-refractivity contribution in [2.24, 2.45) is 0 Å². The number of aromatic nitrogens is 4. The fourth-order valence-corrected chi connectivity index (χ4v) is 2.48. The van der Waals surface area contributed by atoms with Gasteiger partial charge in [-0.15, -0.1) is 5.10 Å². The third-order valence-electron chi connectivity index (χ3n) is 3.67. The van der Waals surface area contributed by atoms with E-state index >= 15 is 0 Å². The molecule has 124 valence electrons. The van der Waals surface area contributed by atoms with Crippen LogP contribution in [0.5, 0.6) is 5.75 Å². The van der Waals surface area contributed by atoms with E-state index in [4.69, 9.17) is 9.15 Å². The monoisotopic (exact) mass is 333 g/mol. The highest BCUT2D eigenvalue weighted by Gasteiger charge is 2.11. The SMILES string of the molecule is COc1cc(Nc2ncn(-c3ccccc3)n2)ccc1-c1cnco1. The van der Waals surface area contributed by atoms with Gasteiger partial charge in [-0.25, -0.2) is 9.67 Å². The van der Waals surface area contributed by atoms with E-state index in [1.54, 1.807) is 24.3 Å². The van der Waals surface area contributed by atoms with Crippen LogP contribution in [0.2, 0.25) is 0 Å². The summed E-state index contributed by atoms with van der Waals surface area (Å²) in [6.45, 7) is 0. The molecule has 25 heavy (non-hydrogen) atoms. The van der Waals surface area contributed by atoms with Gasteiger partial charge in [0.15, 0.2) is 12.2 Å². The van der Waals surface area contributed by atoms with E-state index in [9.17, 15) is 0 Å². The topological polar surface area (TPSA) is 78.0 Å². The van der Waals surface area contributed by atoms with Gasteiger partial charge in [0.05, 0.1) is 24.6 Å². The second kappa shape index (κ2) is 6.48. The molecule has 0 atom stereocenters. The van der Waals surface area contributed by atoms with Crippen LogP contribution >= 0.6 is 0 Å². The Morgan fingerprint density at radius 2 is 2.00 bits per heavy atom. The Balaban J connectivity index is 1.58. The molecule has 7 heteroatoms. The number of anilines is 2. The Hall–Kier alpha value is -3.61. The third kappa shape index (κ3) is 3.07. The summed E-state index contributed by atoms with van der Waals surface area (Å²) in [7, 11) is 1.61. The first-order valence-corrected chi connectivity index (χ1v) is 7.64. The number of nitrogens with one attached hydrogen (secondary N) is 1. The number of rotatable bonds is 5. The van der Waals surface area contributed by atoms with Crippen LogP contribution in [0.3, 0.4) is 0 Å². The van der Waals surface area contributed by atoms with Crippen LogP contribution in [0.15, 0.2) is 71.9 Å². The Morgan fingerprint density at radius 3 is 2.76 bits per heavy atom.